The van der Waals surface area contributed by atoms with Gasteiger partial charge in [-0.3, -0.25) is 4.57 Å². The molecule has 3 heterocycles. The summed E-state index contributed by atoms with van der Waals surface area (Å²) in [5.74, 6) is 0.131. The molecule has 2 aromatic heterocycles. The summed E-state index contributed by atoms with van der Waals surface area (Å²) in [7, 11) is 0. The number of anilines is 1. The molecule has 0 saturated carbocycles. The van der Waals surface area contributed by atoms with Crippen LogP contribution in [0.4, 0.5) is 5.82 Å². The summed E-state index contributed by atoms with van der Waals surface area (Å²) < 4.78 is 12.7. The first-order chi connectivity index (χ1) is 14.0. The van der Waals surface area contributed by atoms with Gasteiger partial charge in [-0.15, -0.1) is 0 Å². The molecular formula is C19H23N5O5. The van der Waals surface area contributed by atoms with E-state index in [0.29, 0.717) is 24.2 Å². The average Bonchev–Trinajstić information content (AvgIpc) is 3.25. The highest BCUT2D eigenvalue weighted by molar-refractivity contribution is 5.82. The van der Waals surface area contributed by atoms with E-state index in [2.05, 4.69) is 15.0 Å². The number of hydrogen-bond donors (Lipinski definition) is 4. The molecule has 29 heavy (non-hydrogen) atoms. The van der Waals surface area contributed by atoms with Crippen molar-refractivity contribution in [1.82, 2.24) is 19.5 Å². The molecule has 1 fully saturated rings. The molecule has 2 unspecified atom stereocenters. The van der Waals surface area contributed by atoms with Crippen LogP contribution in [0.5, 0.6) is 6.01 Å². The molecule has 4 rings (SSSR count). The van der Waals surface area contributed by atoms with Gasteiger partial charge in [0.25, 0.3) is 0 Å². The van der Waals surface area contributed by atoms with Crippen LogP contribution in [0, 0.1) is 6.92 Å². The first kappa shape index (κ1) is 19.5. The smallest absolute Gasteiger partial charge is 0.320 e. The molecule has 154 valence electrons. The van der Waals surface area contributed by atoms with Gasteiger partial charge in [-0.05, 0) is 18.1 Å². The molecule has 0 radical (unpaired) electrons. The Morgan fingerprint density at radius 2 is 2.00 bits per heavy atom. The summed E-state index contributed by atoms with van der Waals surface area (Å²) in [4.78, 5) is 12.7. The Kier molecular flexibility index (Phi) is 5.33. The lowest BCUT2D eigenvalue weighted by atomic mass is 10.1. The van der Waals surface area contributed by atoms with E-state index in [-0.39, 0.29) is 11.8 Å². The minimum absolute atomic E-state index is 0.0806. The molecule has 10 nitrogen and oxygen atoms in total. The van der Waals surface area contributed by atoms with Gasteiger partial charge in [0.15, 0.2) is 23.2 Å². The van der Waals surface area contributed by atoms with Crippen molar-refractivity contribution in [2.24, 2.45) is 0 Å². The maximum atomic E-state index is 10.3. The van der Waals surface area contributed by atoms with Gasteiger partial charge >= 0.3 is 6.01 Å². The number of nitrogens with two attached hydrogens (primary N) is 1. The second-order valence-electron chi connectivity index (χ2n) is 6.97. The lowest BCUT2D eigenvalue weighted by Crippen LogP contribution is -2.33. The third-order valence-corrected chi connectivity index (χ3v) is 5.08. The van der Waals surface area contributed by atoms with Gasteiger partial charge in [-0.2, -0.15) is 9.97 Å². The summed E-state index contributed by atoms with van der Waals surface area (Å²) in [6, 6.07) is 8.11. The number of aromatic nitrogens is 4. The standard InChI is InChI=1S/C19H23N5O5/c1-10-4-2-3-5-11(10)6-7-28-19-22-16(20)13-17(23-19)24(9-21-13)18-15(27)14(26)12(8-25)29-18/h2-5,9,12,14-15,18,25-27H,6-8H2,1H3,(H2,20,22,23)/t12-,14?,15?,18-/m1/s1. The highest BCUT2D eigenvalue weighted by atomic mass is 16.6. The zero-order chi connectivity index (χ0) is 20.5. The van der Waals surface area contributed by atoms with Crippen molar-refractivity contribution in [3.63, 3.8) is 0 Å². The topological polar surface area (TPSA) is 149 Å². The van der Waals surface area contributed by atoms with Gasteiger partial charge in [0.1, 0.15) is 18.3 Å². The Bertz CT molecular complexity index is 1010. The average molecular weight is 401 g/mol. The van der Waals surface area contributed by atoms with Gasteiger partial charge in [0, 0.05) is 6.42 Å². The van der Waals surface area contributed by atoms with E-state index in [1.165, 1.54) is 16.5 Å². The Labute approximate surface area is 166 Å². The van der Waals surface area contributed by atoms with Crippen molar-refractivity contribution in [2.45, 2.75) is 37.9 Å². The highest BCUT2D eigenvalue weighted by Crippen LogP contribution is 2.32. The third-order valence-electron chi connectivity index (χ3n) is 5.08. The second kappa shape index (κ2) is 7.91. The molecule has 0 amide bonds. The predicted octanol–water partition coefficient (Wildman–Crippen LogP) is -0.0501. The number of nitrogen functional groups attached to an aromatic ring is 1. The maximum absolute atomic E-state index is 10.3. The van der Waals surface area contributed by atoms with E-state index in [4.69, 9.17) is 15.2 Å². The van der Waals surface area contributed by atoms with E-state index >= 15 is 0 Å². The Balaban J connectivity index is 1.56. The Morgan fingerprint density at radius 3 is 2.72 bits per heavy atom. The number of rotatable bonds is 6. The number of ether oxygens (including phenoxy) is 2. The van der Waals surface area contributed by atoms with Crippen molar-refractivity contribution in [1.29, 1.82) is 0 Å². The number of imidazole rings is 1. The van der Waals surface area contributed by atoms with Crippen molar-refractivity contribution in [2.75, 3.05) is 18.9 Å². The minimum atomic E-state index is -1.26. The lowest BCUT2D eigenvalue weighted by Gasteiger charge is -2.16. The van der Waals surface area contributed by atoms with Crippen molar-refractivity contribution >= 4 is 17.0 Å². The maximum Gasteiger partial charge on any atom is 0.320 e. The molecule has 3 aromatic rings. The normalized spacial score (nSPS) is 24.3. The zero-order valence-corrected chi connectivity index (χ0v) is 15.8. The van der Waals surface area contributed by atoms with E-state index in [0.717, 1.165) is 5.56 Å². The molecule has 4 atom stereocenters. The lowest BCUT2D eigenvalue weighted by molar-refractivity contribution is -0.0511. The highest BCUT2D eigenvalue weighted by Gasteiger charge is 2.44. The first-order valence-corrected chi connectivity index (χ1v) is 9.29. The monoisotopic (exact) mass is 401 g/mol. The summed E-state index contributed by atoms with van der Waals surface area (Å²) in [5, 5.41) is 29.6. The predicted molar refractivity (Wildman–Crippen MR) is 103 cm³/mol. The van der Waals surface area contributed by atoms with E-state index in [1.807, 2.05) is 31.2 Å². The summed E-state index contributed by atoms with van der Waals surface area (Å²) in [6.45, 7) is 1.97. The fourth-order valence-electron chi connectivity index (χ4n) is 3.42. The van der Waals surface area contributed by atoms with Crippen LogP contribution in [-0.2, 0) is 11.2 Å². The van der Waals surface area contributed by atoms with E-state index in [1.54, 1.807) is 0 Å². The quantitative estimate of drug-likeness (QED) is 0.446. The number of aliphatic hydroxyl groups excluding tert-OH is 3. The summed E-state index contributed by atoms with van der Waals surface area (Å²) in [6.07, 6.45) is -2.29. The van der Waals surface area contributed by atoms with Crippen molar-refractivity contribution in [3.05, 3.63) is 41.7 Å². The van der Waals surface area contributed by atoms with Gasteiger partial charge < -0.3 is 30.5 Å². The number of nitrogens with zero attached hydrogens (tertiary/aromatic N) is 4. The SMILES string of the molecule is Cc1ccccc1CCOc1nc(N)c2ncn([C@@H]3O[C@H](CO)C(O)C3O)c2n1. The fourth-order valence-corrected chi connectivity index (χ4v) is 3.42. The van der Waals surface area contributed by atoms with Gasteiger partial charge in [-0.25, -0.2) is 4.98 Å². The number of fused-ring (bicyclic) bond motifs is 1. The molecule has 1 saturated heterocycles. The second-order valence-corrected chi connectivity index (χ2v) is 6.97. The molecule has 5 N–H and O–H groups in total. The van der Waals surface area contributed by atoms with Crippen LogP contribution in [0.25, 0.3) is 11.2 Å². The molecule has 0 aliphatic carbocycles. The first-order valence-electron chi connectivity index (χ1n) is 9.29. The number of hydrogen-bond acceptors (Lipinski definition) is 9. The third kappa shape index (κ3) is 3.62. The van der Waals surface area contributed by atoms with Crippen LogP contribution in [-0.4, -0.2) is 66.4 Å². The van der Waals surface area contributed by atoms with E-state index in [9.17, 15) is 15.3 Å². The van der Waals surface area contributed by atoms with Crippen LogP contribution in [0.1, 0.15) is 17.4 Å². The van der Waals surface area contributed by atoms with Crippen molar-refractivity contribution in [3.8, 4) is 6.01 Å². The molecule has 10 heteroatoms. The number of benzene rings is 1. The van der Waals surface area contributed by atoms with Crippen LogP contribution in [0.2, 0.25) is 0 Å². The molecule has 0 bridgehead atoms. The summed E-state index contributed by atoms with van der Waals surface area (Å²) >= 11 is 0. The van der Waals surface area contributed by atoms with Crippen molar-refractivity contribution < 1.29 is 24.8 Å². The summed E-state index contributed by atoms with van der Waals surface area (Å²) in [5.41, 5.74) is 8.96. The minimum Gasteiger partial charge on any atom is -0.463 e. The number of aryl methyl sites for hydroxylation is 1. The van der Waals surface area contributed by atoms with Crippen LogP contribution in [0.3, 0.4) is 0 Å². The largest absolute Gasteiger partial charge is 0.463 e. The Morgan fingerprint density at radius 1 is 1.21 bits per heavy atom. The molecule has 1 aliphatic heterocycles. The van der Waals surface area contributed by atoms with Crippen LogP contribution in [0.15, 0.2) is 30.6 Å². The number of aliphatic hydroxyl groups is 3. The zero-order valence-electron chi connectivity index (χ0n) is 15.8. The van der Waals surface area contributed by atoms with Gasteiger partial charge in [-0.1, -0.05) is 24.3 Å². The molecule has 0 spiro atoms. The molecule has 1 aromatic carbocycles. The van der Waals surface area contributed by atoms with E-state index < -0.39 is 31.1 Å². The van der Waals surface area contributed by atoms with Gasteiger partial charge in [0.2, 0.25) is 0 Å². The Hall–Kier alpha value is -2.79. The fraction of sp³-hybridized carbons (Fsp3) is 0.421. The van der Waals surface area contributed by atoms with Crippen LogP contribution >= 0.6 is 0 Å². The molecular weight excluding hydrogens is 378 g/mol. The van der Waals surface area contributed by atoms with Gasteiger partial charge in [0.05, 0.1) is 19.5 Å². The molecule has 1 aliphatic rings. The van der Waals surface area contributed by atoms with Crippen LogP contribution < -0.4 is 10.5 Å².